The Kier molecular flexibility index (Phi) is 7.22. The Morgan fingerprint density at radius 2 is 1.70 bits per heavy atom. The van der Waals surface area contributed by atoms with E-state index in [1.54, 1.807) is 0 Å². The van der Waals surface area contributed by atoms with Crippen LogP contribution in [0, 0.1) is 0 Å². The van der Waals surface area contributed by atoms with Gasteiger partial charge in [-0.15, -0.1) is 0 Å². The largest absolute Gasteiger partial charge is 0.371 e. The van der Waals surface area contributed by atoms with Gasteiger partial charge in [0.15, 0.2) is 11.4 Å². The highest BCUT2D eigenvalue weighted by Gasteiger charge is 2.18. The summed E-state index contributed by atoms with van der Waals surface area (Å²) in [5, 5.41) is 15.2. The molecule has 0 spiro atoms. The van der Waals surface area contributed by atoms with Crippen LogP contribution in [-0.4, -0.2) is 39.0 Å². The zero-order valence-electron chi connectivity index (χ0n) is 22.2. The summed E-state index contributed by atoms with van der Waals surface area (Å²) < 4.78 is 0. The summed E-state index contributed by atoms with van der Waals surface area (Å²) in [5.41, 5.74) is 6.02. The number of carbonyl (C=O) groups excluding carboxylic acids is 1. The molecule has 3 heterocycles. The van der Waals surface area contributed by atoms with E-state index in [4.69, 9.17) is 9.97 Å². The molecule has 1 saturated heterocycles. The maximum absolute atomic E-state index is 12.1. The average Bonchev–Trinajstić information content (AvgIpc) is 3.40. The molecular formula is C32H31N7O. The number of ketones is 1. The van der Waals surface area contributed by atoms with Gasteiger partial charge in [0.05, 0.1) is 11.1 Å². The molecule has 0 amide bonds. The predicted octanol–water partition coefficient (Wildman–Crippen LogP) is 6.80. The van der Waals surface area contributed by atoms with Crippen LogP contribution in [0.1, 0.15) is 24.8 Å². The Morgan fingerprint density at radius 3 is 2.52 bits per heavy atom. The van der Waals surface area contributed by atoms with Gasteiger partial charge >= 0.3 is 0 Å². The first kappa shape index (κ1) is 25.3. The Bertz CT molecular complexity index is 1660. The third kappa shape index (κ3) is 5.56. The van der Waals surface area contributed by atoms with Crippen molar-refractivity contribution in [3.63, 3.8) is 0 Å². The van der Waals surface area contributed by atoms with Crippen LogP contribution in [0.5, 0.6) is 0 Å². The highest BCUT2D eigenvalue weighted by molar-refractivity contribution is 6.01. The minimum atomic E-state index is -0.0318. The van der Waals surface area contributed by atoms with Gasteiger partial charge in [0.1, 0.15) is 5.82 Å². The molecule has 0 atom stereocenters. The van der Waals surface area contributed by atoms with E-state index >= 15 is 0 Å². The van der Waals surface area contributed by atoms with Crippen molar-refractivity contribution in [3.05, 3.63) is 97.1 Å². The molecule has 8 nitrogen and oxygen atoms in total. The lowest BCUT2D eigenvalue weighted by molar-refractivity contribution is -0.114. The van der Waals surface area contributed by atoms with Crippen molar-refractivity contribution < 1.29 is 4.79 Å². The molecule has 0 aliphatic carbocycles. The summed E-state index contributed by atoms with van der Waals surface area (Å²) in [5.74, 6) is 1.11. The Balaban J connectivity index is 1.40. The molecule has 0 unspecified atom stereocenters. The van der Waals surface area contributed by atoms with Crippen molar-refractivity contribution in [1.82, 2.24) is 20.2 Å². The number of aromatic amines is 1. The second-order valence-corrected chi connectivity index (χ2v) is 9.95. The van der Waals surface area contributed by atoms with Crippen molar-refractivity contribution in [2.24, 2.45) is 0 Å². The standard InChI is InChI=1S/C32H31N7O/c1-2-27(40)20-22-11-9-12-23(19-22)29-28-30(33-24-13-5-3-6-14-24)37-38-31(28)36-32(35-29)34-25-15-10-16-26(21-25)39-17-7-4-8-18-39/h2-3,5-6,9-16,19,21H,1,4,7-8,17-18,20H2,(H3,33,34,35,36,37,38). The normalized spacial score (nSPS) is 13.2. The van der Waals surface area contributed by atoms with Gasteiger partial charge in [0.25, 0.3) is 0 Å². The smallest absolute Gasteiger partial charge is 0.229 e. The van der Waals surface area contributed by atoms with Crippen LogP contribution < -0.4 is 15.5 Å². The number of nitrogens with zero attached hydrogens (tertiary/aromatic N) is 4. The number of allylic oxidation sites excluding steroid dienone is 1. The molecule has 0 saturated carbocycles. The van der Waals surface area contributed by atoms with Crippen LogP contribution in [-0.2, 0) is 11.2 Å². The van der Waals surface area contributed by atoms with Crippen LogP contribution >= 0.6 is 0 Å². The topological polar surface area (TPSA) is 98.8 Å². The summed E-state index contributed by atoms with van der Waals surface area (Å²) in [6.07, 6.45) is 5.36. The van der Waals surface area contributed by atoms with Gasteiger partial charge in [-0.05, 0) is 67.3 Å². The number of fused-ring (bicyclic) bond motifs is 1. The number of carbonyl (C=O) groups is 1. The fourth-order valence-corrected chi connectivity index (χ4v) is 5.11. The van der Waals surface area contributed by atoms with Gasteiger partial charge in [-0.25, -0.2) is 4.98 Å². The van der Waals surface area contributed by atoms with Crippen molar-refractivity contribution in [1.29, 1.82) is 0 Å². The molecule has 3 N–H and O–H groups in total. The van der Waals surface area contributed by atoms with Gasteiger partial charge < -0.3 is 15.5 Å². The number of aromatic nitrogens is 4. The van der Waals surface area contributed by atoms with E-state index in [2.05, 4.69) is 50.5 Å². The first-order chi connectivity index (χ1) is 19.7. The van der Waals surface area contributed by atoms with Gasteiger partial charge in [-0.3, -0.25) is 9.89 Å². The van der Waals surface area contributed by atoms with E-state index in [1.807, 2.05) is 60.7 Å². The molecule has 6 rings (SSSR count). The average molecular weight is 530 g/mol. The molecule has 2 aromatic heterocycles. The van der Waals surface area contributed by atoms with Gasteiger partial charge in [0.2, 0.25) is 5.95 Å². The van der Waals surface area contributed by atoms with E-state index < -0.39 is 0 Å². The minimum Gasteiger partial charge on any atom is -0.371 e. The summed E-state index contributed by atoms with van der Waals surface area (Å²) in [7, 11) is 0. The number of piperidine rings is 1. The zero-order chi connectivity index (χ0) is 27.3. The van der Waals surface area contributed by atoms with Crippen LogP contribution in [0.3, 0.4) is 0 Å². The molecule has 200 valence electrons. The third-order valence-corrected chi connectivity index (χ3v) is 7.09. The number of benzene rings is 3. The summed E-state index contributed by atoms with van der Waals surface area (Å²) in [6, 6.07) is 26.1. The number of para-hydroxylation sites is 1. The lowest BCUT2D eigenvalue weighted by Crippen LogP contribution is -2.29. The number of hydrogen-bond donors (Lipinski definition) is 3. The highest BCUT2D eigenvalue weighted by Crippen LogP contribution is 2.34. The van der Waals surface area contributed by atoms with Gasteiger partial charge in [0, 0.05) is 42.1 Å². The summed E-state index contributed by atoms with van der Waals surface area (Å²) >= 11 is 0. The van der Waals surface area contributed by atoms with Crippen molar-refractivity contribution in [3.8, 4) is 11.3 Å². The maximum atomic E-state index is 12.1. The molecule has 1 aliphatic heterocycles. The maximum Gasteiger partial charge on any atom is 0.229 e. The van der Waals surface area contributed by atoms with Crippen molar-refractivity contribution in [2.45, 2.75) is 25.7 Å². The Morgan fingerprint density at radius 1 is 0.900 bits per heavy atom. The lowest BCUT2D eigenvalue weighted by atomic mass is 10.0. The number of H-pyrrole nitrogens is 1. The Hall–Kier alpha value is -4.98. The second-order valence-electron chi connectivity index (χ2n) is 9.95. The predicted molar refractivity (Wildman–Crippen MR) is 162 cm³/mol. The molecular weight excluding hydrogens is 498 g/mol. The fourth-order valence-electron chi connectivity index (χ4n) is 5.11. The number of rotatable bonds is 9. The van der Waals surface area contributed by atoms with Crippen LogP contribution in [0.4, 0.5) is 28.8 Å². The molecule has 5 aromatic rings. The molecule has 1 aliphatic rings. The number of nitrogens with one attached hydrogen (secondary N) is 3. The van der Waals surface area contributed by atoms with Gasteiger partial charge in [-0.1, -0.05) is 49.0 Å². The molecule has 1 fully saturated rings. The second kappa shape index (κ2) is 11.4. The number of anilines is 5. The SMILES string of the molecule is C=CC(=O)Cc1cccc(-c2nc(Nc3cccc(N4CCCCC4)c3)nc3n[nH]c(Nc4ccccc4)c23)c1. The fraction of sp³-hybridized carbons (Fsp3) is 0.188. The van der Waals surface area contributed by atoms with Gasteiger partial charge in [-0.2, -0.15) is 10.1 Å². The molecule has 3 aromatic carbocycles. The Labute approximate surface area is 233 Å². The van der Waals surface area contributed by atoms with Crippen molar-refractivity contribution >= 4 is 45.6 Å². The molecule has 40 heavy (non-hydrogen) atoms. The number of hydrogen-bond acceptors (Lipinski definition) is 7. The van der Waals surface area contributed by atoms with E-state index in [0.717, 1.165) is 41.0 Å². The molecule has 8 heteroatoms. The monoisotopic (exact) mass is 529 g/mol. The lowest BCUT2D eigenvalue weighted by Gasteiger charge is -2.29. The quantitative estimate of drug-likeness (QED) is 0.181. The highest BCUT2D eigenvalue weighted by atomic mass is 16.1. The van der Waals surface area contributed by atoms with Crippen LogP contribution in [0.2, 0.25) is 0 Å². The minimum absolute atomic E-state index is 0.0318. The first-order valence-electron chi connectivity index (χ1n) is 13.6. The van der Waals surface area contributed by atoms with E-state index in [1.165, 1.54) is 31.0 Å². The van der Waals surface area contributed by atoms with E-state index in [0.29, 0.717) is 23.1 Å². The van der Waals surface area contributed by atoms with E-state index in [9.17, 15) is 4.79 Å². The molecule has 0 bridgehead atoms. The van der Waals surface area contributed by atoms with Crippen LogP contribution in [0.25, 0.3) is 22.3 Å². The summed E-state index contributed by atoms with van der Waals surface area (Å²) in [6.45, 7) is 5.76. The third-order valence-electron chi connectivity index (χ3n) is 7.09. The van der Waals surface area contributed by atoms with Crippen molar-refractivity contribution in [2.75, 3.05) is 28.6 Å². The first-order valence-corrected chi connectivity index (χ1v) is 13.6. The zero-order valence-corrected chi connectivity index (χ0v) is 22.2. The molecule has 0 radical (unpaired) electrons. The van der Waals surface area contributed by atoms with Crippen LogP contribution in [0.15, 0.2) is 91.5 Å². The van der Waals surface area contributed by atoms with E-state index in [-0.39, 0.29) is 12.2 Å². The summed E-state index contributed by atoms with van der Waals surface area (Å²) in [4.78, 5) is 24.2.